The number of methoxy groups -OCH3 is 1. The zero-order valence-corrected chi connectivity index (χ0v) is 15.1. The van der Waals surface area contributed by atoms with Crippen molar-refractivity contribution in [3.63, 3.8) is 0 Å². The third-order valence-electron chi connectivity index (χ3n) is 3.88. The van der Waals surface area contributed by atoms with Gasteiger partial charge in [0, 0.05) is 30.0 Å². The number of aromatic nitrogens is 1. The maximum absolute atomic E-state index is 12.0. The van der Waals surface area contributed by atoms with Gasteiger partial charge >= 0.3 is 0 Å². The highest BCUT2D eigenvalue weighted by Crippen LogP contribution is 2.24. The van der Waals surface area contributed by atoms with Gasteiger partial charge in [-0.05, 0) is 29.8 Å². The van der Waals surface area contributed by atoms with Crippen LogP contribution in [0, 0.1) is 0 Å². The van der Waals surface area contributed by atoms with E-state index in [0.717, 1.165) is 16.9 Å². The van der Waals surface area contributed by atoms with Crippen molar-refractivity contribution in [1.82, 2.24) is 10.3 Å². The van der Waals surface area contributed by atoms with E-state index in [0.29, 0.717) is 36.1 Å². The summed E-state index contributed by atoms with van der Waals surface area (Å²) in [7, 11) is 1.62. The summed E-state index contributed by atoms with van der Waals surface area (Å²) >= 11 is 5.84. The van der Waals surface area contributed by atoms with Gasteiger partial charge in [-0.15, -0.1) is 0 Å². The number of amides is 1. The number of benzene rings is 2. The van der Waals surface area contributed by atoms with Crippen LogP contribution in [0.15, 0.2) is 59.1 Å². The van der Waals surface area contributed by atoms with Crippen LogP contribution in [-0.2, 0) is 17.8 Å². The third kappa shape index (κ3) is 4.86. The fourth-order valence-electron chi connectivity index (χ4n) is 2.45. The van der Waals surface area contributed by atoms with Crippen molar-refractivity contribution >= 4 is 17.5 Å². The van der Waals surface area contributed by atoms with E-state index in [9.17, 15) is 4.79 Å². The molecule has 0 atom stereocenters. The minimum absolute atomic E-state index is 0.0546. The summed E-state index contributed by atoms with van der Waals surface area (Å²) in [6.45, 7) is 0.469. The molecule has 0 aliphatic rings. The Morgan fingerprint density at radius 1 is 1.23 bits per heavy atom. The number of carbonyl (C=O) groups excluding carboxylic acids is 1. The normalized spacial score (nSPS) is 10.5. The first-order chi connectivity index (χ1) is 12.6. The maximum atomic E-state index is 12.0. The van der Waals surface area contributed by atoms with Gasteiger partial charge in [-0.3, -0.25) is 4.79 Å². The molecule has 1 heterocycles. The first-order valence-corrected chi connectivity index (χ1v) is 8.62. The predicted molar refractivity (Wildman–Crippen MR) is 100 cm³/mol. The number of nitrogens with one attached hydrogen (secondary N) is 1. The number of ether oxygens (including phenoxy) is 1. The van der Waals surface area contributed by atoms with Crippen LogP contribution < -0.4 is 10.1 Å². The van der Waals surface area contributed by atoms with E-state index < -0.39 is 0 Å². The fraction of sp³-hybridized carbons (Fsp3) is 0.200. The Morgan fingerprint density at radius 3 is 2.81 bits per heavy atom. The lowest BCUT2D eigenvalue weighted by Crippen LogP contribution is -2.22. The molecule has 0 unspecified atom stereocenters. The van der Waals surface area contributed by atoms with E-state index >= 15 is 0 Å². The summed E-state index contributed by atoms with van der Waals surface area (Å²) in [4.78, 5) is 16.2. The number of hydrogen-bond donors (Lipinski definition) is 1. The van der Waals surface area contributed by atoms with E-state index in [-0.39, 0.29) is 5.91 Å². The summed E-state index contributed by atoms with van der Waals surface area (Å²) in [5.41, 5.74) is 1.88. The minimum atomic E-state index is -0.0546. The van der Waals surface area contributed by atoms with Crippen molar-refractivity contribution in [3.8, 4) is 17.1 Å². The van der Waals surface area contributed by atoms with E-state index in [1.807, 2.05) is 36.4 Å². The standard InChI is InChI=1S/C20H19ClN2O3/c1-25-17-4-2-3-15(11-17)18-13-23-20(26-18)10-9-19(24)22-12-14-5-7-16(21)8-6-14/h2-8,11,13H,9-10,12H2,1H3,(H,22,24). The third-order valence-corrected chi connectivity index (χ3v) is 4.13. The Balaban J connectivity index is 1.51. The van der Waals surface area contributed by atoms with Crippen molar-refractivity contribution in [3.05, 3.63) is 71.2 Å². The van der Waals surface area contributed by atoms with Crippen LogP contribution in [0.1, 0.15) is 17.9 Å². The quantitative estimate of drug-likeness (QED) is 0.675. The first-order valence-electron chi connectivity index (χ1n) is 8.24. The summed E-state index contributed by atoms with van der Waals surface area (Å²) < 4.78 is 10.9. The molecule has 2 aromatic carbocycles. The monoisotopic (exact) mass is 370 g/mol. The fourth-order valence-corrected chi connectivity index (χ4v) is 2.57. The SMILES string of the molecule is COc1cccc(-c2cnc(CCC(=O)NCc3ccc(Cl)cc3)o2)c1. The number of rotatable bonds is 7. The van der Waals surface area contributed by atoms with Gasteiger partial charge in [0.15, 0.2) is 11.7 Å². The van der Waals surface area contributed by atoms with Gasteiger partial charge < -0.3 is 14.5 Å². The molecule has 3 rings (SSSR count). The average Bonchev–Trinajstić information content (AvgIpc) is 3.15. The molecule has 0 saturated carbocycles. The predicted octanol–water partition coefficient (Wildman–Crippen LogP) is 4.25. The van der Waals surface area contributed by atoms with Crippen LogP contribution in [0.5, 0.6) is 5.75 Å². The maximum Gasteiger partial charge on any atom is 0.220 e. The number of nitrogens with zero attached hydrogens (tertiary/aromatic N) is 1. The molecular formula is C20H19ClN2O3. The molecule has 134 valence electrons. The number of aryl methyl sites for hydroxylation is 1. The van der Waals surface area contributed by atoms with E-state index in [1.54, 1.807) is 25.4 Å². The van der Waals surface area contributed by atoms with Gasteiger partial charge in [0.05, 0.1) is 13.3 Å². The van der Waals surface area contributed by atoms with Crippen molar-refractivity contribution in [1.29, 1.82) is 0 Å². The van der Waals surface area contributed by atoms with Crippen LogP contribution in [-0.4, -0.2) is 18.0 Å². The summed E-state index contributed by atoms with van der Waals surface area (Å²) in [5.74, 6) is 1.88. The van der Waals surface area contributed by atoms with Gasteiger partial charge in [0.25, 0.3) is 0 Å². The van der Waals surface area contributed by atoms with E-state index in [4.69, 9.17) is 20.8 Å². The van der Waals surface area contributed by atoms with Gasteiger partial charge in [-0.2, -0.15) is 0 Å². The molecule has 3 aromatic rings. The molecule has 0 radical (unpaired) electrons. The molecule has 0 aliphatic heterocycles. The molecule has 5 nitrogen and oxygen atoms in total. The van der Waals surface area contributed by atoms with Gasteiger partial charge in [0.2, 0.25) is 5.91 Å². The lowest BCUT2D eigenvalue weighted by molar-refractivity contribution is -0.121. The Kier molecular flexibility index (Phi) is 5.92. The Hall–Kier alpha value is -2.79. The highest BCUT2D eigenvalue weighted by molar-refractivity contribution is 6.30. The van der Waals surface area contributed by atoms with Gasteiger partial charge in [0.1, 0.15) is 5.75 Å². The van der Waals surface area contributed by atoms with Crippen LogP contribution in [0.25, 0.3) is 11.3 Å². The van der Waals surface area contributed by atoms with Crippen LogP contribution in [0.4, 0.5) is 0 Å². The van der Waals surface area contributed by atoms with Crippen molar-refractivity contribution in [2.24, 2.45) is 0 Å². The molecule has 6 heteroatoms. The summed E-state index contributed by atoms with van der Waals surface area (Å²) in [6.07, 6.45) is 2.41. The lowest BCUT2D eigenvalue weighted by atomic mass is 10.2. The van der Waals surface area contributed by atoms with Gasteiger partial charge in [-0.25, -0.2) is 4.98 Å². The van der Waals surface area contributed by atoms with Crippen molar-refractivity contribution in [2.75, 3.05) is 7.11 Å². The molecule has 0 spiro atoms. The highest BCUT2D eigenvalue weighted by Gasteiger charge is 2.09. The molecule has 0 saturated heterocycles. The van der Waals surface area contributed by atoms with Crippen molar-refractivity contribution < 1.29 is 13.9 Å². The van der Waals surface area contributed by atoms with Crippen LogP contribution in [0.3, 0.4) is 0 Å². The number of carbonyl (C=O) groups is 1. The number of hydrogen-bond acceptors (Lipinski definition) is 4. The number of oxazole rings is 1. The second-order valence-corrected chi connectivity index (χ2v) is 6.19. The molecule has 0 bridgehead atoms. The van der Waals surface area contributed by atoms with E-state index in [2.05, 4.69) is 10.3 Å². The summed E-state index contributed by atoms with van der Waals surface area (Å²) in [6, 6.07) is 14.9. The Morgan fingerprint density at radius 2 is 2.04 bits per heavy atom. The zero-order valence-electron chi connectivity index (χ0n) is 14.4. The van der Waals surface area contributed by atoms with E-state index in [1.165, 1.54) is 0 Å². The van der Waals surface area contributed by atoms with Crippen LogP contribution in [0.2, 0.25) is 5.02 Å². The molecule has 1 amide bonds. The molecule has 0 fully saturated rings. The van der Waals surface area contributed by atoms with Gasteiger partial charge in [-0.1, -0.05) is 35.9 Å². The van der Waals surface area contributed by atoms with Crippen molar-refractivity contribution in [2.45, 2.75) is 19.4 Å². The van der Waals surface area contributed by atoms with Crippen LogP contribution >= 0.6 is 11.6 Å². The zero-order chi connectivity index (χ0) is 18.4. The molecule has 26 heavy (non-hydrogen) atoms. The lowest BCUT2D eigenvalue weighted by Gasteiger charge is -2.04. The second kappa shape index (κ2) is 8.54. The molecule has 1 aromatic heterocycles. The first kappa shape index (κ1) is 18.0. The minimum Gasteiger partial charge on any atom is -0.497 e. The average molecular weight is 371 g/mol. The Bertz CT molecular complexity index is 875. The second-order valence-electron chi connectivity index (χ2n) is 5.75. The molecular weight excluding hydrogens is 352 g/mol. The number of halogens is 1. The summed E-state index contributed by atoms with van der Waals surface area (Å²) in [5, 5.41) is 3.55. The largest absolute Gasteiger partial charge is 0.497 e. The molecule has 1 N–H and O–H groups in total. The topological polar surface area (TPSA) is 64.4 Å². The molecule has 0 aliphatic carbocycles. The highest BCUT2D eigenvalue weighted by atomic mass is 35.5. The smallest absolute Gasteiger partial charge is 0.220 e. The Labute approximate surface area is 157 Å².